The Morgan fingerprint density at radius 2 is 1.93 bits per heavy atom. The molecule has 1 N–H and O–H groups in total. The summed E-state index contributed by atoms with van der Waals surface area (Å²) >= 11 is 0. The van der Waals surface area contributed by atoms with Crippen LogP contribution in [0.15, 0.2) is 18.7 Å². The number of Topliss-reactive ketones (excluding diaryl/α,β-unsaturated/α-hetero) is 1. The smallest absolute Gasteiger partial charge is 0.156 e. The summed E-state index contributed by atoms with van der Waals surface area (Å²) in [4.78, 5) is 17.3. The Kier molecular flexibility index (Phi) is 4.92. The van der Waals surface area contributed by atoms with Crippen molar-refractivity contribution in [2.24, 2.45) is 40.9 Å². The van der Waals surface area contributed by atoms with Crippen LogP contribution in [0.1, 0.15) is 78.1 Å². The van der Waals surface area contributed by atoms with Crippen molar-refractivity contribution in [2.45, 2.75) is 90.2 Å². The normalized spacial score (nSPS) is 46.6. The van der Waals surface area contributed by atoms with Gasteiger partial charge in [-0.15, -0.1) is 0 Å². The number of aliphatic hydroxyl groups is 1. The molecule has 4 fully saturated rings. The summed E-state index contributed by atoms with van der Waals surface area (Å²) in [6.07, 6.45) is 17.1. The largest absolute Gasteiger partial charge is 0.390 e. The molecular formula is C25H38N2O2. The van der Waals surface area contributed by atoms with Gasteiger partial charge in [-0.2, -0.15) is 0 Å². The fourth-order valence-corrected chi connectivity index (χ4v) is 8.48. The number of aromatic nitrogens is 2. The molecule has 8 atom stereocenters. The van der Waals surface area contributed by atoms with Crippen LogP contribution < -0.4 is 0 Å². The molecule has 1 heterocycles. The van der Waals surface area contributed by atoms with E-state index in [9.17, 15) is 9.90 Å². The number of fused-ring (bicyclic) bond motifs is 5. The van der Waals surface area contributed by atoms with Crippen molar-refractivity contribution in [3.05, 3.63) is 18.7 Å². The van der Waals surface area contributed by atoms with E-state index < -0.39 is 5.60 Å². The van der Waals surface area contributed by atoms with Gasteiger partial charge in [0.05, 0.1) is 18.5 Å². The van der Waals surface area contributed by atoms with E-state index >= 15 is 0 Å². The first-order valence-electron chi connectivity index (χ1n) is 12.1. The third-order valence-corrected chi connectivity index (χ3v) is 10.0. The van der Waals surface area contributed by atoms with Crippen LogP contribution in [0.5, 0.6) is 0 Å². The van der Waals surface area contributed by atoms with Gasteiger partial charge >= 0.3 is 0 Å². The highest BCUT2D eigenvalue weighted by atomic mass is 16.3. The summed E-state index contributed by atoms with van der Waals surface area (Å²) in [5, 5.41) is 10.9. The first-order valence-corrected chi connectivity index (χ1v) is 12.1. The number of carbonyl (C=O) groups excluding carboxylic acids is 1. The van der Waals surface area contributed by atoms with Gasteiger partial charge in [-0.25, -0.2) is 4.98 Å². The molecule has 4 aliphatic carbocycles. The molecule has 0 aromatic carbocycles. The zero-order chi connectivity index (χ0) is 20.2. The van der Waals surface area contributed by atoms with Gasteiger partial charge < -0.3 is 9.67 Å². The van der Waals surface area contributed by atoms with Crippen molar-refractivity contribution in [3.63, 3.8) is 0 Å². The minimum atomic E-state index is -0.393. The van der Waals surface area contributed by atoms with E-state index in [-0.39, 0.29) is 11.3 Å². The summed E-state index contributed by atoms with van der Waals surface area (Å²) in [6.45, 7) is 5.08. The SMILES string of the molecule is CC[C@@]1(O)CC[C@@H]2C3CC[C@@]4(C)C(CC[C@@H]4C(=O)Cn4ccnc4)C3CC[C@@H]2C1. The number of ketones is 1. The Bertz CT molecular complexity index is 746. The summed E-state index contributed by atoms with van der Waals surface area (Å²) < 4.78 is 1.94. The first-order chi connectivity index (χ1) is 13.9. The Hall–Kier alpha value is -1.16. The third-order valence-electron chi connectivity index (χ3n) is 10.0. The molecule has 160 valence electrons. The van der Waals surface area contributed by atoms with Crippen molar-refractivity contribution < 1.29 is 9.90 Å². The molecule has 29 heavy (non-hydrogen) atoms. The average molecular weight is 399 g/mol. The number of nitrogens with zero attached hydrogens (tertiary/aromatic N) is 2. The maximum atomic E-state index is 13.2. The fourth-order valence-electron chi connectivity index (χ4n) is 8.48. The highest BCUT2D eigenvalue weighted by Gasteiger charge is 2.58. The minimum absolute atomic E-state index is 0.199. The van der Waals surface area contributed by atoms with Gasteiger partial charge in [0.25, 0.3) is 0 Å². The van der Waals surface area contributed by atoms with Crippen molar-refractivity contribution in [1.29, 1.82) is 0 Å². The lowest BCUT2D eigenvalue weighted by atomic mass is 9.48. The zero-order valence-corrected chi connectivity index (χ0v) is 18.2. The highest BCUT2D eigenvalue weighted by Crippen LogP contribution is 2.64. The van der Waals surface area contributed by atoms with E-state index in [1.54, 1.807) is 12.5 Å². The summed E-state index contributed by atoms with van der Waals surface area (Å²) in [7, 11) is 0. The number of rotatable bonds is 4. The summed E-state index contributed by atoms with van der Waals surface area (Å²) in [6, 6.07) is 0. The molecule has 3 unspecified atom stereocenters. The van der Waals surface area contributed by atoms with Crippen LogP contribution in [0.4, 0.5) is 0 Å². The van der Waals surface area contributed by atoms with Crippen LogP contribution >= 0.6 is 0 Å². The molecule has 0 radical (unpaired) electrons. The predicted octanol–water partition coefficient (Wildman–Crippen LogP) is 4.86. The topological polar surface area (TPSA) is 55.1 Å². The second-order valence-corrected chi connectivity index (χ2v) is 11.1. The molecule has 5 rings (SSSR count). The van der Waals surface area contributed by atoms with Gasteiger partial charge in [-0.05, 0) is 99.2 Å². The molecule has 4 aliphatic rings. The van der Waals surface area contributed by atoms with E-state index in [0.29, 0.717) is 12.3 Å². The average Bonchev–Trinajstić information content (AvgIpc) is 3.34. The van der Waals surface area contributed by atoms with Crippen LogP contribution in [-0.4, -0.2) is 26.0 Å². The molecule has 0 aliphatic heterocycles. The Labute approximate surface area is 175 Å². The van der Waals surface area contributed by atoms with Gasteiger partial charge in [-0.1, -0.05) is 13.8 Å². The fraction of sp³-hybridized carbons (Fsp3) is 0.840. The molecule has 4 heteroatoms. The van der Waals surface area contributed by atoms with Crippen LogP contribution in [0.2, 0.25) is 0 Å². The molecule has 0 bridgehead atoms. The molecule has 1 aromatic heterocycles. The van der Waals surface area contributed by atoms with Crippen LogP contribution in [0.3, 0.4) is 0 Å². The van der Waals surface area contributed by atoms with Crippen LogP contribution in [0.25, 0.3) is 0 Å². The van der Waals surface area contributed by atoms with Gasteiger partial charge in [0.15, 0.2) is 5.78 Å². The van der Waals surface area contributed by atoms with Gasteiger partial charge in [0.2, 0.25) is 0 Å². The lowest BCUT2D eigenvalue weighted by molar-refractivity contribution is -0.133. The van der Waals surface area contributed by atoms with E-state index in [2.05, 4.69) is 18.8 Å². The second kappa shape index (κ2) is 7.21. The van der Waals surface area contributed by atoms with Crippen molar-refractivity contribution in [3.8, 4) is 0 Å². The van der Waals surface area contributed by atoms with Gasteiger partial charge in [0.1, 0.15) is 0 Å². The second-order valence-electron chi connectivity index (χ2n) is 11.1. The van der Waals surface area contributed by atoms with E-state index in [1.807, 2.05) is 10.8 Å². The van der Waals surface area contributed by atoms with Crippen molar-refractivity contribution in [2.75, 3.05) is 0 Å². The summed E-state index contributed by atoms with van der Waals surface area (Å²) in [5.41, 5.74) is -0.195. The minimum Gasteiger partial charge on any atom is -0.390 e. The lowest BCUT2D eigenvalue weighted by Crippen LogP contribution is -2.51. The Morgan fingerprint density at radius 3 is 2.69 bits per heavy atom. The van der Waals surface area contributed by atoms with Gasteiger partial charge in [-0.3, -0.25) is 4.79 Å². The third kappa shape index (κ3) is 3.21. The van der Waals surface area contributed by atoms with Crippen LogP contribution in [0, 0.1) is 40.9 Å². The number of carbonyl (C=O) groups is 1. The van der Waals surface area contributed by atoms with Gasteiger partial charge in [0, 0.05) is 18.3 Å². The van der Waals surface area contributed by atoms with E-state index in [0.717, 1.165) is 55.3 Å². The van der Waals surface area contributed by atoms with E-state index in [1.165, 1.54) is 38.5 Å². The predicted molar refractivity (Wildman–Crippen MR) is 113 cm³/mol. The van der Waals surface area contributed by atoms with Crippen molar-refractivity contribution >= 4 is 5.78 Å². The Balaban J connectivity index is 1.31. The first kappa shape index (κ1) is 19.8. The number of hydrogen-bond acceptors (Lipinski definition) is 3. The molecule has 0 amide bonds. The molecule has 0 spiro atoms. The van der Waals surface area contributed by atoms with E-state index in [4.69, 9.17) is 0 Å². The maximum absolute atomic E-state index is 13.2. The Morgan fingerprint density at radius 1 is 1.10 bits per heavy atom. The molecular weight excluding hydrogens is 360 g/mol. The van der Waals surface area contributed by atoms with Crippen molar-refractivity contribution in [1.82, 2.24) is 9.55 Å². The molecule has 0 saturated heterocycles. The zero-order valence-electron chi connectivity index (χ0n) is 18.2. The molecule has 4 nitrogen and oxygen atoms in total. The molecule has 1 aromatic rings. The lowest BCUT2D eigenvalue weighted by Gasteiger charge is -2.57. The standard InChI is InChI=1S/C25H38N2O2/c1-3-25(29)11-9-18-17(14-25)4-5-20-19(18)8-10-24(2)21(20)6-7-22(24)23(28)15-27-13-12-26-16-27/h12-13,16-22,29H,3-11,14-15H2,1-2H3/t17-,18+,19?,20?,21?,22-,24+,25-/m1/s1. The highest BCUT2D eigenvalue weighted by molar-refractivity contribution is 5.82. The monoisotopic (exact) mass is 398 g/mol. The number of hydrogen-bond donors (Lipinski definition) is 1. The quantitative estimate of drug-likeness (QED) is 0.788. The number of imidazole rings is 1. The van der Waals surface area contributed by atoms with Crippen LogP contribution in [-0.2, 0) is 11.3 Å². The summed E-state index contributed by atoms with van der Waals surface area (Å²) in [5.74, 6) is 4.59. The molecule has 4 saturated carbocycles. The maximum Gasteiger partial charge on any atom is 0.156 e.